The molecule has 1 amide bonds. The zero-order valence-corrected chi connectivity index (χ0v) is 12.2. The fourth-order valence-corrected chi connectivity index (χ4v) is 2.96. The number of hydrogen-bond acceptors (Lipinski definition) is 4. The average molecular weight is 287 g/mol. The van der Waals surface area contributed by atoms with Gasteiger partial charge in [-0.2, -0.15) is 0 Å². The molecule has 1 aliphatic carbocycles. The maximum atomic E-state index is 12.8. The van der Waals surface area contributed by atoms with E-state index in [-0.39, 0.29) is 5.91 Å². The molecule has 1 aliphatic rings. The second-order valence-corrected chi connectivity index (χ2v) is 5.93. The predicted octanol–water partition coefficient (Wildman–Crippen LogP) is 2.99. The van der Waals surface area contributed by atoms with Gasteiger partial charge in [0.2, 0.25) is 0 Å². The number of aromatic nitrogens is 1. The minimum absolute atomic E-state index is 0.0679. The molecular formula is C15H17N3OS. The molecule has 0 radical (unpaired) electrons. The van der Waals surface area contributed by atoms with E-state index in [1.807, 2.05) is 28.5 Å². The van der Waals surface area contributed by atoms with E-state index in [0.29, 0.717) is 24.0 Å². The van der Waals surface area contributed by atoms with Gasteiger partial charge in [0.25, 0.3) is 5.91 Å². The van der Waals surface area contributed by atoms with Crippen molar-refractivity contribution in [1.29, 1.82) is 0 Å². The number of amides is 1. The first kappa shape index (κ1) is 13.1. The number of anilines is 1. The maximum absolute atomic E-state index is 12.8. The highest BCUT2D eigenvalue weighted by molar-refractivity contribution is 7.09. The molecule has 104 valence electrons. The Bertz CT molecular complexity index is 593. The standard InChI is InChI=1S/C15H17N3OS/c1-16-14-13(5-2-8-17-14)15(19)18(11-6-7-11)10-12-4-3-9-20-12/h2-5,8-9,11H,6-7,10H2,1H3,(H,16,17). The van der Waals surface area contributed by atoms with Crippen molar-refractivity contribution in [2.24, 2.45) is 0 Å². The van der Waals surface area contributed by atoms with Gasteiger partial charge in [-0.1, -0.05) is 6.07 Å². The van der Waals surface area contributed by atoms with Crippen molar-refractivity contribution in [2.75, 3.05) is 12.4 Å². The number of rotatable bonds is 5. The molecule has 0 saturated heterocycles. The summed E-state index contributed by atoms with van der Waals surface area (Å²) in [5.41, 5.74) is 0.651. The molecule has 2 aromatic heterocycles. The van der Waals surface area contributed by atoms with Crippen LogP contribution in [-0.2, 0) is 6.54 Å². The molecule has 0 aliphatic heterocycles. The van der Waals surface area contributed by atoms with Crippen molar-refractivity contribution >= 4 is 23.1 Å². The van der Waals surface area contributed by atoms with Gasteiger partial charge in [0.05, 0.1) is 12.1 Å². The molecule has 4 nitrogen and oxygen atoms in total. The Balaban J connectivity index is 1.85. The van der Waals surface area contributed by atoms with E-state index < -0.39 is 0 Å². The van der Waals surface area contributed by atoms with Crippen molar-refractivity contribution in [3.05, 3.63) is 46.3 Å². The van der Waals surface area contributed by atoms with Crippen molar-refractivity contribution in [3.63, 3.8) is 0 Å². The number of hydrogen-bond donors (Lipinski definition) is 1. The smallest absolute Gasteiger partial charge is 0.258 e. The summed E-state index contributed by atoms with van der Waals surface area (Å²) >= 11 is 1.69. The third kappa shape index (κ3) is 2.67. The van der Waals surface area contributed by atoms with E-state index in [4.69, 9.17) is 0 Å². The lowest BCUT2D eigenvalue weighted by Crippen LogP contribution is -2.32. The van der Waals surface area contributed by atoms with E-state index in [9.17, 15) is 4.79 Å². The van der Waals surface area contributed by atoms with E-state index in [2.05, 4.69) is 16.4 Å². The SMILES string of the molecule is CNc1ncccc1C(=O)N(Cc1cccs1)C1CC1. The number of nitrogens with zero attached hydrogens (tertiary/aromatic N) is 2. The molecule has 1 N–H and O–H groups in total. The van der Waals surface area contributed by atoms with Gasteiger partial charge in [-0.05, 0) is 36.4 Å². The molecule has 0 bridgehead atoms. The molecule has 20 heavy (non-hydrogen) atoms. The minimum Gasteiger partial charge on any atom is -0.372 e. The van der Waals surface area contributed by atoms with Crippen LogP contribution in [0, 0.1) is 0 Å². The lowest BCUT2D eigenvalue weighted by Gasteiger charge is -2.22. The quantitative estimate of drug-likeness (QED) is 0.919. The highest BCUT2D eigenvalue weighted by Crippen LogP contribution is 2.31. The molecule has 0 atom stereocenters. The Hall–Kier alpha value is -1.88. The first-order valence-electron chi connectivity index (χ1n) is 6.75. The molecular weight excluding hydrogens is 270 g/mol. The van der Waals surface area contributed by atoms with Crippen molar-refractivity contribution in [1.82, 2.24) is 9.88 Å². The van der Waals surface area contributed by atoms with Crippen LogP contribution >= 0.6 is 11.3 Å². The van der Waals surface area contributed by atoms with Gasteiger partial charge >= 0.3 is 0 Å². The van der Waals surface area contributed by atoms with Gasteiger partial charge in [0.15, 0.2) is 0 Å². The van der Waals surface area contributed by atoms with Gasteiger partial charge in [0.1, 0.15) is 5.82 Å². The highest BCUT2D eigenvalue weighted by Gasteiger charge is 2.34. The van der Waals surface area contributed by atoms with Crippen LogP contribution in [-0.4, -0.2) is 28.9 Å². The monoisotopic (exact) mass is 287 g/mol. The molecule has 3 rings (SSSR count). The third-order valence-electron chi connectivity index (χ3n) is 3.43. The molecule has 1 saturated carbocycles. The van der Waals surface area contributed by atoms with Crippen molar-refractivity contribution in [2.45, 2.75) is 25.4 Å². The average Bonchev–Trinajstić information content (AvgIpc) is 3.20. The van der Waals surface area contributed by atoms with E-state index in [1.54, 1.807) is 24.6 Å². The van der Waals surface area contributed by atoms with Crippen molar-refractivity contribution < 1.29 is 4.79 Å². The molecule has 2 aromatic rings. The molecule has 2 heterocycles. The van der Waals surface area contributed by atoms with Crippen LogP contribution in [0.15, 0.2) is 35.8 Å². The van der Waals surface area contributed by atoms with Gasteiger partial charge in [-0.15, -0.1) is 11.3 Å². The van der Waals surface area contributed by atoms with Crippen molar-refractivity contribution in [3.8, 4) is 0 Å². The molecule has 1 fully saturated rings. The Morgan fingerprint density at radius 3 is 2.95 bits per heavy atom. The molecule has 0 spiro atoms. The summed E-state index contributed by atoms with van der Waals surface area (Å²) in [5.74, 6) is 0.715. The van der Waals surface area contributed by atoms with Gasteiger partial charge in [-0.3, -0.25) is 4.79 Å². The molecule has 0 unspecified atom stereocenters. The normalized spacial score (nSPS) is 14.1. The molecule has 5 heteroatoms. The summed E-state index contributed by atoms with van der Waals surface area (Å²) in [5, 5.41) is 5.04. The lowest BCUT2D eigenvalue weighted by atomic mass is 10.2. The summed E-state index contributed by atoms with van der Waals surface area (Å²) in [7, 11) is 1.79. The van der Waals surface area contributed by atoms with Crippen LogP contribution < -0.4 is 5.32 Å². The zero-order valence-electron chi connectivity index (χ0n) is 11.4. The van der Waals surface area contributed by atoms with Crippen LogP contribution in [0.5, 0.6) is 0 Å². The number of nitrogens with one attached hydrogen (secondary N) is 1. The van der Waals surface area contributed by atoms with Crippen LogP contribution in [0.25, 0.3) is 0 Å². The van der Waals surface area contributed by atoms with Gasteiger partial charge in [-0.25, -0.2) is 4.98 Å². The van der Waals surface area contributed by atoms with E-state index >= 15 is 0 Å². The third-order valence-corrected chi connectivity index (χ3v) is 4.29. The fourth-order valence-electron chi connectivity index (χ4n) is 2.26. The summed E-state index contributed by atoms with van der Waals surface area (Å²) < 4.78 is 0. The van der Waals surface area contributed by atoms with Crippen LogP contribution in [0.4, 0.5) is 5.82 Å². The maximum Gasteiger partial charge on any atom is 0.258 e. The number of pyridine rings is 1. The highest BCUT2D eigenvalue weighted by atomic mass is 32.1. The lowest BCUT2D eigenvalue weighted by molar-refractivity contribution is 0.0732. The molecule has 0 aromatic carbocycles. The fraction of sp³-hybridized carbons (Fsp3) is 0.333. The Kier molecular flexibility index (Phi) is 3.69. The summed E-state index contributed by atoms with van der Waals surface area (Å²) in [6.45, 7) is 0.694. The second-order valence-electron chi connectivity index (χ2n) is 4.89. The van der Waals surface area contributed by atoms with E-state index in [0.717, 1.165) is 12.8 Å². The predicted molar refractivity (Wildman–Crippen MR) is 81.0 cm³/mol. The van der Waals surface area contributed by atoms with E-state index in [1.165, 1.54) is 4.88 Å². The number of carbonyl (C=O) groups is 1. The largest absolute Gasteiger partial charge is 0.372 e. The Labute approximate surface area is 122 Å². The van der Waals surface area contributed by atoms with Crippen LogP contribution in [0.1, 0.15) is 28.1 Å². The first-order valence-corrected chi connectivity index (χ1v) is 7.63. The van der Waals surface area contributed by atoms with Crippen LogP contribution in [0.3, 0.4) is 0 Å². The number of carbonyl (C=O) groups excluding carboxylic acids is 1. The van der Waals surface area contributed by atoms with Crippen LogP contribution in [0.2, 0.25) is 0 Å². The Morgan fingerprint density at radius 2 is 2.30 bits per heavy atom. The number of thiophene rings is 1. The Morgan fingerprint density at radius 1 is 1.45 bits per heavy atom. The zero-order chi connectivity index (χ0) is 13.9. The minimum atomic E-state index is 0.0679. The first-order chi connectivity index (χ1) is 9.79. The van der Waals surface area contributed by atoms with Gasteiger partial charge in [0, 0.05) is 24.2 Å². The second kappa shape index (κ2) is 5.63. The van der Waals surface area contributed by atoms with Gasteiger partial charge < -0.3 is 10.2 Å². The summed E-state index contributed by atoms with van der Waals surface area (Å²) in [4.78, 5) is 20.2. The topological polar surface area (TPSA) is 45.2 Å². The summed E-state index contributed by atoms with van der Waals surface area (Å²) in [6.07, 6.45) is 3.90. The summed E-state index contributed by atoms with van der Waals surface area (Å²) in [6, 6.07) is 8.14.